The second-order valence-electron chi connectivity index (χ2n) is 7.53. The largest absolute Gasteiger partial charge is 0.482 e. The summed E-state index contributed by atoms with van der Waals surface area (Å²) in [4.78, 5) is 33.5. The van der Waals surface area contributed by atoms with Crippen LogP contribution < -0.4 is 9.64 Å². The third kappa shape index (κ3) is 3.72. The van der Waals surface area contributed by atoms with Crippen LogP contribution in [0.3, 0.4) is 0 Å². The fraction of sp³-hybridized carbons (Fsp3) is 0.409. The van der Waals surface area contributed by atoms with Crippen molar-refractivity contribution in [2.75, 3.05) is 31.1 Å². The van der Waals surface area contributed by atoms with Crippen LogP contribution in [0.25, 0.3) is 0 Å². The van der Waals surface area contributed by atoms with Crippen molar-refractivity contribution < 1.29 is 14.3 Å². The molecule has 3 heterocycles. The summed E-state index contributed by atoms with van der Waals surface area (Å²) >= 11 is 0. The fourth-order valence-electron chi connectivity index (χ4n) is 4.24. The van der Waals surface area contributed by atoms with E-state index in [1.807, 2.05) is 40.1 Å². The lowest BCUT2D eigenvalue weighted by Gasteiger charge is -2.46. The topological polar surface area (TPSA) is 62.7 Å². The average molecular weight is 379 g/mol. The third-order valence-electron chi connectivity index (χ3n) is 5.87. The Labute approximate surface area is 165 Å². The molecule has 4 rings (SSSR count). The van der Waals surface area contributed by atoms with Gasteiger partial charge in [-0.2, -0.15) is 0 Å². The number of benzene rings is 1. The monoisotopic (exact) mass is 379 g/mol. The van der Waals surface area contributed by atoms with E-state index in [0.717, 1.165) is 25.1 Å². The number of aromatic nitrogens is 1. The smallest absolute Gasteiger partial charge is 0.260 e. The molecule has 1 aromatic heterocycles. The molecule has 2 aliphatic rings. The molecule has 0 radical (unpaired) electrons. The first-order valence-electron chi connectivity index (χ1n) is 9.86. The number of para-hydroxylation sites is 1. The number of nitrogens with zero attached hydrogens (tertiary/aromatic N) is 3. The molecule has 0 N–H and O–H groups in total. The van der Waals surface area contributed by atoms with Gasteiger partial charge < -0.3 is 14.5 Å². The van der Waals surface area contributed by atoms with Gasteiger partial charge in [0.25, 0.3) is 5.91 Å². The van der Waals surface area contributed by atoms with Gasteiger partial charge in [-0.1, -0.05) is 18.2 Å². The molecule has 146 valence electrons. The quantitative estimate of drug-likeness (QED) is 0.819. The lowest BCUT2D eigenvalue weighted by molar-refractivity contribution is -0.141. The van der Waals surface area contributed by atoms with Crippen molar-refractivity contribution in [1.82, 2.24) is 9.88 Å². The maximum Gasteiger partial charge on any atom is 0.260 e. The molecule has 2 aliphatic heterocycles. The van der Waals surface area contributed by atoms with E-state index in [2.05, 4.69) is 4.98 Å². The molecule has 2 aromatic rings. The molecule has 1 aromatic carbocycles. The van der Waals surface area contributed by atoms with Crippen molar-refractivity contribution in [2.45, 2.75) is 25.7 Å². The maximum atomic E-state index is 13.3. The Bertz CT molecular complexity index is 817. The van der Waals surface area contributed by atoms with Crippen molar-refractivity contribution >= 4 is 17.5 Å². The Morgan fingerprint density at radius 1 is 1.04 bits per heavy atom. The molecule has 2 amide bonds. The second-order valence-corrected chi connectivity index (χ2v) is 7.53. The Morgan fingerprint density at radius 3 is 2.54 bits per heavy atom. The lowest BCUT2D eigenvalue weighted by Crippen LogP contribution is -2.55. The second kappa shape index (κ2) is 8.00. The molecule has 0 bridgehead atoms. The van der Waals surface area contributed by atoms with Crippen LogP contribution in [-0.4, -0.2) is 47.9 Å². The highest BCUT2D eigenvalue weighted by atomic mass is 16.5. The van der Waals surface area contributed by atoms with E-state index in [-0.39, 0.29) is 23.8 Å². The number of carbonyl (C=O) groups is 2. The minimum atomic E-state index is -0.338. The molecule has 28 heavy (non-hydrogen) atoms. The number of rotatable bonds is 4. The van der Waals surface area contributed by atoms with Crippen LogP contribution in [0.15, 0.2) is 54.9 Å². The zero-order valence-corrected chi connectivity index (χ0v) is 15.9. The minimum absolute atomic E-state index is 0.00276. The zero-order chi connectivity index (χ0) is 19.4. The van der Waals surface area contributed by atoms with E-state index in [4.69, 9.17) is 4.74 Å². The van der Waals surface area contributed by atoms with Gasteiger partial charge in [-0.05, 0) is 49.9 Å². The zero-order valence-electron chi connectivity index (χ0n) is 15.9. The highest BCUT2D eigenvalue weighted by molar-refractivity contribution is 5.98. The third-order valence-corrected chi connectivity index (χ3v) is 5.87. The van der Waals surface area contributed by atoms with E-state index in [1.54, 1.807) is 24.5 Å². The summed E-state index contributed by atoms with van der Waals surface area (Å²) in [5.74, 6) is 0.760. The summed E-state index contributed by atoms with van der Waals surface area (Å²) in [7, 11) is 0. The van der Waals surface area contributed by atoms with Crippen LogP contribution in [0.5, 0.6) is 5.75 Å². The molecule has 6 heteroatoms. The van der Waals surface area contributed by atoms with Crippen LogP contribution in [-0.2, 0) is 9.59 Å². The van der Waals surface area contributed by atoms with E-state index in [9.17, 15) is 9.59 Å². The summed E-state index contributed by atoms with van der Waals surface area (Å²) in [6, 6.07) is 13.4. The minimum Gasteiger partial charge on any atom is -0.482 e. The average Bonchev–Trinajstić information content (AvgIpc) is 2.76. The molecule has 6 nitrogen and oxygen atoms in total. The van der Waals surface area contributed by atoms with E-state index in [1.165, 1.54) is 0 Å². The molecule has 2 saturated heterocycles. The summed E-state index contributed by atoms with van der Waals surface area (Å²) in [6.45, 7) is 1.97. The van der Waals surface area contributed by atoms with Crippen molar-refractivity contribution in [1.29, 1.82) is 0 Å². The SMILES string of the molecule is O=C(COc1cccnc1)N1CCC2(CCCN(c3ccccc3)C2=O)CC1. The van der Waals surface area contributed by atoms with Gasteiger partial charge >= 0.3 is 0 Å². The normalized spacial score (nSPS) is 18.9. The molecular weight excluding hydrogens is 354 g/mol. The van der Waals surface area contributed by atoms with Gasteiger partial charge in [0.05, 0.1) is 11.6 Å². The van der Waals surface area contributed by atoms with Gasteiger partial charge in [-0.3, -0.25) is 14.6 Å². The summed E-state index contributed by atoms with van der Waals surface area (Å²) < 4.78 is 5.53. The number of hydrogen-bond donors (Lipinski definition) is 0. The molecule has 2 fully saturated rings. The number of ether oxygens (including phenoxy) is 1. The highest BCUT2D eigenvalue weighted by Crippen LogP contribution is 2.42. The molecule has 0 atom stereocenters. The first-order valence-corrected chi connectivity index (χ1v) is 9.86. The first kappa shape index (κ1) is 18.5. The maximum absolute atomic E-state index is 13.3. The molecule has 0 aliphatic carbocycles. The molecule has 0 unspecified atom stereocenters. The summed E-state index contributed by atoms with van der Waals surface area (Å²) in [5, 5.41) is 0. The number of likely N-dealkylation sites (tertiary alicyclic amines) is 1. The Morgan fingerprint density at radius 2 is 1.82 bits per heavy atom. The van der Waals surface area contributed by atoms with Gasteiger partial charge in [0, 0.05) is 31.5 Å². The number of amides is 2. The molecule has 1 spiro atoms. The van der Waals surface area contributed by atoms with Gasteiger partial charge in [-0.15, -0.1) is 0 Å². The van der Waals surface area contributed by atoms with Crippen molar-refractivity contribution in [2.24, 2.45) is 5.41 Å². The number of pyridine rings is 1. The number of hydrogen-bond acceptors (Lipinski definition) is 4. The highest BCUT2D eigenvalue weighted by Gasteiger charge is 2.46. The number of piperidine rings is 2. The van der Waals surface area contributed by atoms with E-state index in [0.29, 0.717) is 31.7 Å². The predicted molar refractivity (Wildman–Crippen MR) is 106 cm³/mol. The first-order chi connectivity index (χ1) is 13.7. The van der Waals surface area contributed by atoms with Gasteiger partial charge in [0.1, 0.15) is 5.75 Å². The van der Waals surface area contributed by atoms with Crippen molar-refractivity contribution in [3.8, 4) is 5.75 Å². The molecule has 0 saturated carbocycles. The summed E-state index contributed by atoms with van der Waals surface area (Å²) in [5.41, 5.74) is 0.629. The van der Waals surface area contributed by atoms with Crippen LogP contribution in [0.1, 0.15) is 25.7 Å². The number of anilines is 1. The van der Waals surface area contributed by atoms with Crippen LogP contribution in [0.4, 0.5) is 5.69 Å². The van der Waals surface area contributed by atoms with Crippen LogP contribution in [0, 0.1) is 5.41 Å². The van der Waals surface area contributed by atoms with Gasteiger partial charge in [0.15, 0.2) is 6.61 Å². The van der Waals surface area contributed by atoms with Crippen molar-refractivity contribution in [3.63, 3.8) is 0 Å². The van der Waals surface area contributed by atoms with Gasteiger partial charge in [0.2, 0.25) is 5.91 Å². The fourth-order valence-corrected chi connectivity index (χ4v) is 4.24. The van der Waals surface area contributed by atoms with Crippen LogP contribution in [0.2, 0.25) is 0 Å². The van der Waals surface area contributed by atoms with E-state index >= 15 is 0 Å². The predicted octanol–water partition coefficient (Wildman–Crippen LogP) is 2.90. The Balaban J connectivity index is 1.36. The Kier molecular flexibility index (Phi) is 5.28. The molecular formula is C22H25N3O3. The summed E-state index contributed by atoms with van der Waals surface area (Å²) in [6.07, 6.45) is 6.60. The standard InChI is InChI=1S/C22H25N3O3/c26-20(17-28-19-8-4-12-23-16-19)24-14-10-22(11-15-24)9-5-13-25(21(22)27)18-6-2-1-3-7-18/h1-4,6-8,12,16H,5,9-11,13-15,17H2. The van der Waals surface area contributed by atoms with Crippen molar-refractivity contribution in [3.05, 3.63) is 54.9 Å². The van der Waals surface area contributed by atoms with Crippen LogP contribution >= 0.6 is 0 Å². The Hall–Kier alpha value is -2.89. The number of carbonyl (C=O) groups excluding carboxylic acids is 2. The van der Waals surface area contributed by atoms with Gasteiger partial charge in [-0.25, -0.2) is 0 Å². The lowest BCUT2D eigenvalue weighted by atomic mass is 9.71. The van der Waals surface area contributed by atoms with E-state index < -0.39 is 0 Å².